The fourth-order valence-electron chi connectivity index (χ4n) is 2.16. The molecule has 0 fully saturated rings. The van der Waals surface area contributed by atoms with Crippen LogP contribution in [0.15, 0.2) is 48.5 Å². The van der Waals surface area contributed by atoms with E-state index in [1.165, 1.54) is 5.56 Å². The van der Waals surface area contributed by atoms with E-state index in [4.69, 9.17) is 5.73 Å². The molecule has 4 N–H and O–H groups in total. The maximum Gasteiger partial charge on any atom is 0.251 e. The Balaban J connectivity index is 1.93. The van der Waals surface area contributed by atoms with Crippen molar-refractivity contribution in [2.75, 3.05) is 0 Å². The Bertz CT molecular complexity index is 709. The summed E-state index contributed by atoms with van der Waals surface area (Å²) in [5, 5.41) is 5.63. The van der Waals surface area contributed by atoms with Crippen molar-refractivity contribution in [3.8, 4) is 0 Å². The van der Waals surface area contributed by atoms with Crippen LogP contribution in [0.2, 0.25) is 0 Å². The monoisotopic (exact) mass is 325 g/mol. The molecule has 0 aromatic heterocycles. The van der Waals surface area contributed by atoms with Crippen LogP contribution >= 0.6 is 0 Å². The van der Waals surface area contributed by atoms with Crippen LogP contribution in [0, 0.1) is 6.92 Å². The summed E-state index contributed by atoms with van der Waals surface area (Å²) in [4.78, 5) is 23.8. The number of nitrogens with two attached hydrogens (primary N) is 1. The molecule has 0 aliphatic rings. The molecule has 0 saturated heterocycles. The summed E-state index contributed by atoms with van der Waals surface area (Å²) in [7, 11) is 0. The molecule has 2 aromatic rings. The van der Waals surface area contributed by atoms with Gasteiger partial charge in [-0.05, 0) is 37.1 Å². The highest BCUT2D eigenvalue weighted by Gasteiger charge is 2.09. The van der Waals surface area contributed by atoms with E-state index in [9.17, 15) is 9.59 Å². The summed E-state index contributed by atoms with van der Waals surface area (Å²) in [6, 6.07) is 14.7. The molecule has 24 heavy (non-hydrogen) atoms. The molecule has 1 atom stereocenters. The van der Waals surface area contributed by atoms with Crippen molar-refractivity contribution in [2.45, 2.75) is 33.0 Å². The average molecular weight is 325 g/mol. The topological polar surface area (TPSA) is 84.2 Å². The van der Waals surface area contributed by atoms with Crippen molar-refractivity contribution in [3.05, 3.63) is 70.8 Å². The molecule has 2 rings (SSSR count). The first-order valence-corrected chi connectivity index (χ1v) is 7.91. The maximum atomic E-state index is 12.3. The quantitative estimate of drug-likeness (QED) is 0.758. The molecule has 0 heterocycles. The minimum Gasteiger partial charge on any atom is -0.351 e. The lowest BCUT2D eigenvalue weighted by Crippen LogP contribution is -2.37. The summed E-state index contributed by atoms with van der Waals surface area (Å²) >= 11 is 0. The highest BCUT2D eigenvalue weighted by atomic mass is 16.2. The highest BCUT2D eigenvalue weighted by Crippen LogP contribution is 2.07. The number of hydrogen-bond acceptors (Lipinski definition) is 3. The van der Waals surface area contributed by atoms with E-state index < -0.39 is 6.04 Å². The molecule has 126 valence electrons. The molecular weight excluding hydrogens is 302 g/mol. The van der Waals surface area contributed by atoms with Gasteiger partial charge in [0.2, 0.25) is 5.91 Å². The van der Waals surface area contributed by atoms with Gasteiger partial charge in [-0.3, -0.25) is 9.59 Å². The third-order valence-electron chi connectivity index (χ3n) is 3.64. The van der Waals surface area contributed by atoms with Gasteiger partial charge in [-0.1, -0.05) is 42.0 Å². The van der Waals surface area contributed by atoms with E-state index in [1.807, 2.05) is 37.3 Å². The maximum absolute atomic E-state index is 12.3. The first-order valence-electron chi connectivity index (χ1n) is 7.91. The minimum atomic E-state index is -0.550. The van der Waals surface area contributed by atoms with E-state index in [0.717, 1.165) is 11.1 Å². The molecule has 2 aromatic carbocycles. The lowest BCUT2D eigenvalue weighted by molar-refractivity contribution is -0.122. The van der Waals surface area contributed by atoms with Gasteiger partial charge < -0.3 is 16.4 Å². The third-order valence-corrected chi connectivity index (χ3v) is 3.64. The van der Waals surface area contributed by atoms with Crippen LogP contribution in [0.3, 0.4) is 0 Å². The lowest BCUT2D eigenvalue weighted by Gasteiger charge is -2.10. The van der Waals surface area contributed by atoms with Crippen molar-refractivity contribution >= 4 is 11.8 Å². The van der Waals surface area contributed by atoms with E-state index in [-0.39, 0.29) is 11.8 Å². The Morgan fingerprint density at radius 3 is 2.33 bits per heavy atom. The first-order chi connectivity index (χ1) is 11.5. The smallest absolute Gasteiger partial charge is 0.251 e. The molecule has 0 unspecified atom stereocenters. The van der Waals surface area contributed by atoms with Crippen LogP contribution in [0.1, 0.15) is 34.0 Å². The van der Waals surface area contributed by atoms with Crippen LogP contribution in [0.5, 0.6) is 0 Å². The normalized spacial score (nSPS) is 11.6. The van der Waals surface area contributed by atoms with Gasteiger partial charge in [0.25, 0.3) is 5.91 Å². The van der Waals surface area contributed by atoms with Gasteiger partial charge in [0.1, 0.15) is 0 Å². The molecule has 0 radical (unpaired) electrons. The molecular formula is C19H23N3O2. The van der Waals surface area contributed by atoms with Gasteiger partial charge in [-0.25, -0.2) is 0 Å². The predicted molar refractivity (Wildman–Crippen MR) is 94.3 cm³/mol. The van der Waals surface area contributed by atoms with Gasteiger partial charge in [-0.2, -0.15) is 0 Å². The third kappa shape index (κ3) is 5.21. The summed E-state index contributed by atoms with van der Waals surface area (Å²) in [5.41, 5.74) is 9.16. The Labute approximate surface area is 142 Å². The summed E-state index contributed by atoms with van der Waals surface area (Å²) in [5.74, 6) is -0.361. The molecule has 2 amide bonds. The molecule has 5 nitrogen and oxygen atoms in total. The zero-order chi connectivity index (χ0) is 17.5. The number of nitrogens with one attached hydrogen (secondary N) is 2. The molecule has 0 bridgehead atoms. The number of benzene rings is 2. The van der Waals surface area contributed by atoms with Crippen molar-refractivity contribution in [3.63, 3.8) is 0 Å². The first kappa shape index (κ1) is 17.7. The van der Waals surface area contributed by atoms with E-state index in [2.05, 4.69) is 10.6 Å². The van der Waals surface area contributed by atoms with Gasteiger partial charge >= 0.3 is 0 Å². The second-order valence-corrected chi connectivity index (χ2v) is 5.88. The molecule has 0 aliphatic heterocycles. The number of amides is 2. The number of carbonyl (C=O) groups excluding carboxylic acids is 2. The SMILES string of the molecule is Cc1ccc(CNC(=O)c2cccc(CNC(=O)[C@H](C)N)c2)cc1. The van der Waals surface area contributed by atoms with Gasteiger partial charge in [0.15, 0.2) is 0 Å². The largest absolute Gasteiger partial charge is 0.351 e. The van der Waals surface area contributed by atoms with Crippen LogP contribution in [-0.4, -0.2) is 17.9 Å². The second kappa shape index (κ2) is 8.26. The van der Waals surface area contributed by atoms with Crippen LogP contribution in [-0.2, 0) is 17.9 Å². The number of aryl methyl sites for hydroxylation is 1. The predicted octanol–water partition coefficient (Wildman–Crippen LogP) is 1.89. The highest BCUT2D eigenvalue weighted by molar-refractivity contribution is 5.94. The Hall–Kier alpha value is -2.66. The Morgan fingerprint density at radius 2 is 1.67 bits per heavy atom. The van der Waals surface area contributed by atoms with Gasteiger partial charge in [0, 0.05) is 18.7 Å². The second-order valence-electron chi connectivity index (χ2n) is 5.88. The molecule has 0 saturated carbocycles. The van der Waals surface area contributed by atoms with E-state index in [0.29, 0.717) is 18.7 Å². The fraction of sp³-hybridized carbons (Fsp3) is 0.263. The van der Waals surface area contributed by atoms with E-state index >= 15 is 0 Å². The number of carbonyl (C=O) groups is 2. The fourth-order valence-corrected chi connectivity index (χ4v) is 2.16. The molecule has 0 spiro atoms. The average Bonchev–Trinajstić information content (AvgIpc) is 2.59. The van der Waals surface area contributed by atoms with Crippen LogP contribution in [0.4, 0.5) is 0 Å². The van der Waals surface area contributed by atoms with Crippen molar-refractivity contribution in [1.29, 1.82) is 0 Å². The number of rotatable bonds is 6. The summed E-state index contributed by atoms with van der Waals surface area (Å²) in [6.45, 7) is 4.48. The zero-order valence-corrected chi connectivity index (χ0v) is 14.0. The van der Waals surface area contributed by atoms with Crippen molar-refractivity contribution < 1.29 is 9.59 Å². The van der Waals surface area contributed by atoms with Gasteiger partial charge in [0.05, 0.1) is 6.04 Å². The number of hydrogen-bond donors (Lipinski definition) is 3. The van der Waals surface area contributed by atoms with Crippen molar-refractivity contribution in [1.82, 2.24) is 10.6 Å². The summed E-state index contributed by atoms with van der Waals surface area (Å²) in [6.07, 6.45) is 0. The lowest BCUT2D eigenvalue weighted by atomic mass is 10.1. The van der Waals surface area contributed by atoms with Crippen molar-refractivity contribution in [2.24, 2.45) is 5.73 Å². The molecule has 0 aliphatic carbocycles. The van der Waals surface area contributed by atoms with Crippen LogP contribution in [0.25, 0.3) is 0 Å². The zero-order valence-electron chi connectivity index (χ0n) is 14.0. The minimum absolute atomic E-state index is 0.143. The summed E-state index contributed by atoms with van der Waals surface area (Å²) < 4.78 is 0. The van der Waals surface area contributed by atoms with Crippen LogP contribution < -0.4 is 16.4 Å². The Morgan fingerprint density at radius 1 is 1.00 bits per heavy atom. The van der Waals surface area contributed by atoms with Gasteiger partial charge in [-0.15, -0.1) is 0 Å². The van der Waals surface area contributed by atoms with E-state index in [1.54, 1.807) is 25.1 Å². The Kier molecular flexibility index (Phi) is 6.09. The standard InChI is InChI=1S/C19H23N3O2/c1-13-6-8-15(9-7-13)11-22-19(24)17-5-3-4-16(10-17)12-21-18(23)14(2)20/h3-10,14H,11-12,20H2,1-2H3,(H,21,23)(H,22,24)/t14-/m0/s1. The molecule has 5 heteroatoms.